The number of carbonyl (C=O) groups excluding carboxylic acids is 2. The Hall–Kier alpha value is -3.58. The van der Waals surface area contributed by atoms with Gasteiger partial charge in [0, 0.05) is 23.6 Å². The molecule has 7 nitrogen and oxygen atoms in total. The quantitative estimate of drug-likeness (QED) is 0.574. The highest BCUT2D eigenvalue weighted by Crippen LogP contribution is 2.53. The molecule has 4 atom stereocenters. The maximum absolute atomic E-state index is 13.5. The summed E-state index contributed by atoms with van der Waals surface area (Å²) in [7, 11) is 1.59. The number of nitrogens with one attached hydrogen (secondary N) is 2. The summed E-state index contributed by atoms with van der Waals surface area (Å²) in [5.41, 5.74) is 2.18. The van der Waals surface area contributed by atoms with Gasteiger partial charge in [0.2, 0.25) is 11.8 Å². The minimum absolute atomic E-state index is 0.0943. The second-order valence-electron chi connectivity index (χ2n) is 8.90. The van der Waals surface area contributed by atoms with E-state index in [1.54, 1.807) is 12.0 Å². The van der Waals surface area contributed by atoms with Crippen LogP contribution < -0.4 is 15.0 Å². The van der Waals surface area contributed by atoms with E-state index >= 15 is 0 Å². The van der Waals surface area contributed by atoms with Gasteiger partial charge in [-0.15, -0.1) is 0 Å². The first-order chi connectivity index (χ1) is 16.1. The maximum atomic E-state index is 13.5. The first-order valence-corrected chi connectivity index (χ1v) is 11.3. The number of nitrogens with zero attached hydrogens (tertiary/aromatic N) is 1. The zero-order chi connectivity index (χ0) is 22.6. The second-order valence-corrected chi connectivity index (χ2v) is 8.90. The third kappa shape index (κ3) is 2.99. The summed E-state index contributed by atoms with van der Waals surface area (Å²) in [6.07, 6.45) is 6.22. The average molecular weight is 444 g/mol. The van der Waals surface area contributed by atoms with E-state index in [0.717, 1.165) is 16.5 Å². The summed E-state index contributed by atoms with van der Waals surface area (Å²) < 4.78 is 11.7. The molecule has 1 spiro atoms. The monoisotopic (exact) mass is 443 g/mol. The van der Waals surface area contributed by atoms with Crippen LogP contribution in [0, 0.1) is 11.8 Å². The van der Waals surface area contributed by atoms with Crippen molar-refractivity contribution in [1.82, 2.24) is 10.3 Å². The van der Waals surface area contributed by atoms with E-state index in [9.17, 15) is 9.59 Å². The zero-order valence-corrected chi connectivity index (χ0v) is 18.3. The van der Waals surface area contributed by atoms with Gasteiger partial charge in [-0.05, 0) is 30.2 Å². The number of anilines is 1. The van der Waals surface area contributed by atoms with Crippen molar-refractivity contribution in [2.45, 2.75) is 18.1 Å². The molecular weight excluding hydrogens is 418 g/mol. The fourth-order valence-electron chi connectivity index (χ4n) is 5.63. The number of ether oxygens (including phenoxy) is 2. The SMILES string of the molecule is COc1ccccc1N1C[C@]23C=CC(O2)C(C(=O)NCCc2c[nH]c4ccccc24)C3C1=O. The Morgan fingerprint density at radius 3 is 2.94 bits per heavy atom. The topological polar surface area (TPSA) is 83.7 Å². The highest BCUT2D eigenvalue weighted by atomic mass is 16.5. The number of hydrogen-bond acceptors (Lipinski definition) is 4. The number of para-hydroxylation sites is 3. The minimum Gasteiger partial charge on any atom is -0.495 e. The number of carbonyl (C=O) groups is 2. The lowest BCUT2D eigenvalue weighted by Gasteiger charge is -2.23. The maximum Gasteiger partial charge on any atom is 0.234 e. The van der Waals surface area contributed by atoms with Gasteiger partial charge < -0.3 is 24.7 Å². The highest BCUT2D eigenvalue weighted by molar-refractivity contribution is 6.04. The van der Waals surface area contributed by atoms with Crippen molar-refractivity contribution in [3.05, 3.63) is 72.4 Å². The molecule has 0 radical (unpaired) electrons. The lowest BCUT2D eigenvalue weighted by atomic mass is 9.77. The third-order valence-electron chi connectivity index (χ3n) is 7.15. The second kappa shape index (κ2) is 7.49. The molecule has 2 amide bonds. The van der Waals surface area contributed by atoms with Crippen molar-refractivity contribution in [2.24, 2.45) is 11.8 Å². The number of fused-ring (bicyclic) bond motifs is 2. The van der Waals surface area contributed by atoms with Crippen LogP contribution in [0.1, 0.15) is 5.56 Å². The number of amides is 2. The van der Waals surface area contributed by atoms with Crippen molar-refractivity contribution in [3.63, 3.8) is 0 Å². The van der Waals surface area contributed by atoms with E-state index in [-0.39, 0.29) is 17.9 Å². The molecule has 7 heteroatoms. The van der Waals surface area contributed by atoms with Crippen LogP contribution in [0.3, 0.4) is 0 Å². The summed E-state index contributed by atoms with van der Waals surface area (Å²) in [6, 6.07) is 15.6. The van der Waals surface area contributed by atoms with Crippen LogP contribution in [0.2, 0.25) is 0 Å². The van der Waals surface area contributed by atoms with Gasteiger partial charge in [0.15, 0.2) is 0 Å². The van der Waals surface area contributed by atoms with Gasteiger partial charge in [0.1, 0.15) is 11.4 Å². The number of benzene rings is 2. The molecule has 3 aliphatic heterocycles. The molecule has 2 saturated heterocycles. The van der Waals surface area contributed by atoms with Gasteiger partial charge in [-0.1, -0.05) is 42.5 Å². The van der Waals surface area contributed by atoms with E-state index < -0.39 is 17.4 Å². The van der Waals surface area contributed by atoms with Crippen molar-refractivity contribution < 1.29 is 19.1 Å². The number of methoxy groups -OCH3 is 1. The van der Waals surface area contributed by atoms with Gasteiger partial charge in [-0.3, -0.25) is 9.59 Å². The van der Waals surface area contributed by atoms with Gasteiger partial charge in [-0.2, -0.15) is 0 Å². The predicted octanol–water partition coefficient (Wildman–Crippen LogP) is 2.82. The molecular formula is C26H25N3O4. The summed E-state index contributed by atoms with van der Waals surface area (Å²) in [6.45, 7) is 0.876. The van der Waals surface area contributed by atoms with Crippen LogP contribution in [-0.4, -0.2) is 48.7 Å². The van der Waals surface area contributed by atoms with Crippen LogP contribution in [0.25, 0.3) is 10.9 Å². The molecule has 0 aliphatic carbocycles. The van der Waals surface area contributed by atoms with Gasteiger partial charge >= 0.3 is 0 Å². The fraction of sp³-hybridized carbons (Fsp3) is 0.308. The molecule has 0 saturated carbocycles. The lowest BCUT2D eigenvalue weighted by Crippen LogP contribution is -2.44. The fourth-order valence-corrected chi connectivity index (χ4v) is 5.63. The summed E-state index contributed by atoms with van der Waals surface area (Å²) in [5.74, 6) is -0.675. The van der Waals surface area contributed by atoms with Crippen molar-refractivity contribution in [3.8, 4) is 5.75 Å². The Bertz CT molecular complexity index is 1280. The van der Waals surface area contributed by atoms with E-state index in [4.69, 9.17) is 9.47 Å². The molecule has 3 aliphatic rings. The molecule has 2 aromatic carbocycles. The van der Waals surface area contributed by atoms with E-state index in [1.807, 2.05) is 60.8 Å². The number of aromatic nitrogens is 1. The Morgan fingerprint density at radius 2 is 2.06 bits per heavy atom. The third-order valence-corrected chi connectivity index (χ3v) is 7.15. The Kier molecular flexibility index (Phi) is 4.55. The molecule has 2 fully saturated rings. The van der Waals surface area contributed by atoms with E-state index in [2.05, 4.69) is 16.4 Å². The van der Waals surface area contributed by atoms with Gasteiger partial charge in [0.05, 0.1) is 37.3 Å². The van der Waals surface area contributed by atoms with Crippen LogP contribution >= 0.6 is 0 Å². The molecule has 3 aromatic rings. The van der Waals surface area contributed by atoms with Crippen LogP contribution in [0.15, 0.2) is 66.9 Å². The minimum atomic E-state index is -0.762. The summed E-state index contributed by atoms with van der Waals surface area (Å²) in [4.78, 5) is 31.7. The summed E-state index contributed by atoms with van der Waals surface area (Å²) >= 11 is 0. The van der Waals surface area contributed by atoms with Gasteiger partial charge in [-0.25, -0.2) is 0 Å². The largest absolute Gasteiger partial charge is 0.495 e. The van der Waals surface area contributed by atoms with Crippen LogP contribution in [0.4, 0.5) is 5.69 Å². The molecule has 33 heavy (non-hydrogen) atoms. The van der Waals surface area contributed by atoms with Crippen LogP contribution in [0.5, 0.6) is 5.75 Å². The standard InChI is InChI=1S/C26H25N3O4/c1-32-20-9-5-4-8-19(20)29-15-26-12-10-21(33-26)22(23(26)25(29)31)24(30)27-13-11-16-14-28-18-7-3-2-6-17(16)18/h2-10,12,14,21-23,28H,11,13,15H2,1H3,(H,27,30)/t21?,22?,23?,26-/m0/s1. The molecule has 168 valence electrons. The van der Waals surface area contributed by atoms with E-state index in [0.29, 0.717) is 30.9 Å². The number of rotatable bonds is 6. The zero-order valence-electron chi connectivity index (χ0n) is 18.3. The number of hydrogen-bond donors (Lipinski definition) is 2. The summed E-state index contributed by atoms with van der Waals surface area (Å²) in [5, 5.41) is 4.22. The average Bonchev–Trinajstić information content (AvgIpc) is 3.59. The molecule has 6 rings (SSSR count). The molecule has 4 heterocycles. The van der Waals surface area contributed by atoms with Crippen LogP contribution in [-0.2, 0) is 20.7 Å². The predicted molar refractivity (Wildman–Crippen MR) is 124 cm³/mol. The van der Waals surface area contributed by atoms with Crippen molar-refractivity contribution >= 4 is 28.4 Å². The Morgan fingerprint density at radius 1 is 1.24 bits per heavy atom. The first-order valence-electron chi connectivity index (χ1n) is 11.3. The first kappa shape index (κ1) is 20.1. The highest BCUT2D eigenvalue weighted by Gasteiger charge is 2.67. The molecule has 3 unspecified atom stereocenters. The van der Waals surface area contributed by atoms with Crippen molar-refractivity contribution in [2.75, 3.05) is 25.1 Å². The molecule has 2 bridgehead atoms. The lowest BCUT2D eigenvalue weighted by molar-refractivity contribution is -0.131. The Labute approximate surface area is 191 Å². The molecule has 2 N–H and O–H groups in total. The van der Waals surface area contributed by atoms with E-state index in [1.165, 1.54) is 0 Å². The normalized spacial score (nSPS) is 27.4. The number of aromatic amines is 1. The Balaban J connectivity index is 1.19. The van der Waals surface area contributed by atoms with Gasteiger partial charge in [0.25, 0.3) is 0 Å². The van der Waals surface area contributed by atoms with Crippen molar-refractivity contribution in [1.29, 1.82) is 0 Å². The number of H-pyrrole nitrogens is 1. The smallest absolute Gasteiger partial charge is 0.234 e. The molecule has 1 aromatic heterocycles.